The predicted octanol–water partition coefficient (Wildman–Crippen LogP) is 1.76. The normalized spacial score (nSPS) is 16.8. The molecule has 0 aliphatic carbocycles. The summed E-state index contributed by atoms with van der Waals surface area (Å²) in [7, 11) is 0. The molecule has 0 bridgehead atoms. The average molecular weight is 182 g/mol. The second kappa shape index (κ2) is 4.90. The van der Waals surface area contributed by atoms with Gasteiger partial charge in [0.2, 0.25) is 0 Å². The zero-order valence-corrected chi connectivity index (χ0v) is 8.47. The van der Waals surface area contributed by atoms with Crippen LogP contribution in [-0.4, -0.2) is 30.6 Å². The van der Waals surface area contributed by atoms with Crippen molar-refractivity contribution in [2.45, 2.75) is 26.7 Å². The van der Waals surface area contributed by atoms with Crippen LogP contribution in [0.5, 0.6) is 0 Å². The first-order valence-corrected chi connectivity index (χ1v) is 4.92. The Balaban J connectivity index is 2.32. The Labute approximate surface area is 79.8 Å². The highest BCUT2D eigenvalue weighted by Crippen LogP contribution is 2.08. The van der Waals surface area contributed by atoms with E-state index >= 15 is 0 Å². The molecular formula is C10H18N2O. The van der Waals surface area contributed by atoms with Crippen LogP contribution < -0.4 is 5.32 Å². The molecule has 1 N–H and O–H groups in total. The van der Waals surface area contributed by atoms with Crippen LogP contribution >= 0.6 is 0 Å². The largest absolute Gasteiger partial charge is 0.338 e. The van der Waals surface area contributed by atoms with E-state index in [1.807, 2.05) is 4.90 Å². The van der Waals surface area contributed by atoms with Crippen LogP contribution in [0.2, 0.25) is 0 Å². The third-order valence-electron chi connectivity index (χ3n) is 2.25. The smallest absolute Gasteiger partial charge is 0.317 e. The van der Waals surface area contributed by atoms with Crippen molar-refractivity contribution in [1.82, 2.24) is 10.2 Å². The molecule has 0 aromatic rings. The minimum Gasteiger partial charge on any atom is -0.338 e. The molecule has 1 rings (SSSR count). The highest BCUT2D eigenvalue weighted by atomic mass is 16.2. The van der Waals surface area contributed by atoms with E-state index in [0.717, 1.165) is 32.5 Å². The van der Waals surface area contributed by atoms with Crippen LogP contribution in [0, 0.1) is 0 Å². The number of hydrogen-bond acceptors (Lipinski definition) is 1. The molecule has 3 heteroatoms. The Morgan fingerprint density at radius 2 is 2.46 bits per heavy atom. The summed E-state index contributed by atoms with van der Waals surface area (Å²) in [6, 6.07) is 0.0746. The fraction of sp³-hybridized carbons (Fsp3) is 0.700. The maximum absolute atomic E-state index is 11.4. The molecule has 0 atom stereocenters. The fourth-order valence-electron chi connectivity index (χ4n) is 1.30. The molecule has 0 radical (unpaired) electrons. The Kier molecular flexibility index (Phi) is 3.80. The molecule has 0 spiro atoms. The molecule has 0 saturated heterocycles. The number of amides is 2. The lowest BCUT2D eigenvalue weighted by atomic mass is 10.1. The van der Waals surface area contributed by atoms with E-state index in [1.165, 1.54) is 5.57 Å². The van der Waals surface area contributed by atoms with E-state index in [2.05, 4.69) is 25.2 Å². The van der Waals surface area contributed by atoms with Crippen LogP contribution in [0.25, 0.3) is 0 Å². The van der Waals surface area contributed by atoms with Crippen molar-refractivity contribution in [2.24, 2.45) is 0 Å². The summed E-state index contributed by atoms with van der Waals surface area (Å²) in [5, 5.41) is 2.87. The third-order valence-corrected chi connectivity index (χ3v) is 2.25. The maximum atomic E-state index is 11.4. The van der Waals surface area contributed by atoms with Gasteiger partial charge in [0.25, 0.3) is 0 Å². The van der Waals surface area contributed by atoms with Gasteiger partial charge in [-0.3, -0.25) is 0 Å². The molecule has 1 heterocycles. The number of hydrogen-bond donors (Lipinski definition) is 1. The first-order valence-electron chi connectivity index (χ1n) is 4.92. The standard InChI is InChI=1S/C10H18N2O/c1-3-6-11-10(13)12-7-4-9(2)5-8-12/h4H,3,5-8H2,1-2H3,(H,11,13). The summed E-state index contributed by atoms with van der Waals surface area (Å²) in [6.07, 6.45) is 4.13. The monoisotopic (exact) mass is 182 g/mol. The van der Waals surface area contributed by atoms with Gasteiger partial charge in [-0.25, -0.2) is 4.79 Å². The minimum absolute atomic E-state index is 0.0746. The van der Waals surface area contributed by atoms with E-state index in [1.54, 1.807) is 0 Å². The molecule has 0 saturated carbocycles. The van der Waals surface area contributed by atoms with Crippen LogP contribution in [0.4, 0.5) is 4.79 Å². The molecule has 0 aromatic heterocycles. The number of nitrogens with one attached hydrogen (secondary N) is 1. The highest BCUT2D eigenvalue weighted by Gasteiger charge is 2.14. The number of carbonyl (C=O) groups excluding carboxylic acids is 1. The average Bonchev–Trinajstić information content (AvgIpc) is 2.15. The van der Waals surface area contributed by atoms with Gasteiger partial charge in [0, 0.05) is 19.6 Å². The SMILES string of the molecule is CCCNC(=O)N1CC=C(C)CC1. The summed E-state index contributed by atoms with van der Waals surface area (Å²) < 4.78 is 0. The fourth-order valence-corrected chi connectivity index (χ4v) is 1.30. The van der Waals surface area contributed by atoms with Crippen molar-refractivity contribution in [3.05, 3.63) is 11.6 Å². The molecule has 74 valence electrons. The highest BCUT2D eigenvalue weighted by molar-refractivity contribution is 5.74. The second-order valence-corrected chi connectivity index (χ2v) is 3.48. The molecule has 13 heavy (non-hydrogen) atoms. The summed E-state index contributed by atoms with van der Waals surface area (Å²) >= 11 is 0. The summed E-state index contributed by atoms with van der Waals surface area (Å²) in [5.41, 5.74) is 1.39. The van der Waals surface area contributed by atoms with E-state index in [0.29, 0.717) is 0 Å². The molecule has 1 aliphatic rings. The van der Waals surface area contributed by atoms with E-state index < -0.39 is 0 Å². The lowest BCUT2D eigenvalue weighted by Crippen LogP contribution is -2.42. The van der Waals surface area contributed by atoms with E-state index in [4.69, 9.17) is 0 Å². The molecule has 0 aromatic carbocycles. The first-order chi connectivity index (χ1) is 6.24. The number of nitrogens with zero attached hydrogens (tertiary/aromatic N) is 1. The molecule has 1 aliphatic heterocycles. The number of rotatable bonds is 2. The maximum Gasteiger partial charge on any atom is 0.317 e. The Bertz CT molecular complexity index is 211. The molecule has 2 amide bonds. The van der Waals surface area contributed by atoms with Crippen molar-refractivity contribution in [2.75, 3.05) is 19.6 Å². The van der Waals surface area contributed by atoms with Crippen molar-refractivity contribution in [1.29, 1.82) is 0 Å². The van der Waals surface area contributed by atoms with Gasteiger partial charge in [-0.15, -0.1) is 0 Å². The Morgan fingerprint density at radius 3 is 3.00 bits per heavy atom. The summed E-state index contributed by atoms with van der Waals surface area (Å²) in [5.74, 6) is 0. The lowest BCUT2D eigenvalue weighted by Gasteiger charge is -2.25. The molecule has 0 fully saturated rings. The summed E-state index contributed by atoms with van der Waals surface area (Å²) in [4.78, 5) is 13.3. The van der Waals surface area contributed by atoms with E-state index in [-0.39, 0.29) is 6.03 Å². The zero-order valence-electron chi connectivity index (χ0n) is 8.47. The van der Waals surface area contributed by atoms with Crippen LogP contribution in [0.3, 0.4) is 0 Å². The Morgan fingerprint density at radius 1 is 1.69 bits per heavy atom. The summed E-state index contributed by atoms with van der Waals surface area (Å²) in [6.45, 7) is 6.57. The lowest BCUT2D eigenvalue weighted by molar-refractivity contribution is 0.202. The Hall–Kier alpha value is -0.990. The number of carbonyl (C=O) groups is 1. The van der Waals surface area contributed by atoms with Gasteiger partial charge >= 0.3 is 6.03 Å². The van der Waals surface area contributed by atoms with Crippen molar-refractivity contribution >= 4 is 6.03 Å². The van der Waals surface area contributed by atoms with Crippen molar-refractivity contribution < 1.29 is 4.79 Å². The molecular weight excluding hydrogens is 164 g/mol. The molecule has 0 unspecified atom stereocenters. The van der Waals surface area contributed by atoms with E-state index in [9.17, 15) is 4.79 Å². The topological polar surface area (TPSA) is 32.3 Å². The van der Waals surface area contributed by atoms with Crippen LogP contribution in [0.1, 0.15) is 26.7 Å². The van der Waals surface area contributed by atoms with Gasteiger partial charge in [-0.1, -0.05) is 18.6 Å². The van der Waals surface area contributed by atoms with Gasteiger partial charge in [0.05, 0.1) is 0 Å². The van der Waals surface area contributed by atoms with Gasteiger partial charge in [-0.05, 0) is 19.8 Å². The van der Waals surface area contributed by atoms with Gasteiger partial charge < -0.3 is 10.2 Å². The zero-order chi connectivity index (χ0) is 9.68. The third kappa shape index (κ3) is 3.09. The molecule has 3 nitrogen and oxygen atoms in total. The second-order valence-electron chi connectivity index (χ2n) is 3.48. The quantitative estimate of drug-likeness (QED) is 0.648. The van der Waals surface area contributed by atoms with Crippen LogP contribution in [-0.2, 0) is 0 Å². The minimum atomic E-state index is 0.0746. The van der Waals surface area contributed by atoms with Gasteiger partial charge in [0.1, 0.15) is 0 Å². The van der Waals surface area contributed by atoms with Crippen molar-refractivity contribution in [3.63, 3.8) is 0 Å². The van der Waals surface area contributed by atoms with Gasteiger partial charge in [0.15, 0.2) is 0 Å². The van der Waals surface area contributed by atoms with Gasteiger partial charge in [-0.2, -0.15) is 0 Å². The number of urea groups is 1. The van der Waals surface area contributed by atoms with Crippen molar-refractivity contribution in [3.8, 4) is 0 Å². The van der Waals surface area contributed by atoms with Crippen LogP contribution in [0.15, 0.2) is 11.6 Å². The predicted molar refractivity (Wildman–Crippen MR) is 53.6 cm³/mol. The first kappa shape index (κ1) is 10.1.